The van der Waals surface area contributed by atoms with E-state index in [0.717, 1.165) is 0 Å². The minimum absolute atomic E-state index is 0.0696. The Bertz CT molecular complexity index is 589. The van der Waals surface area contributed by atoms with Gasteiger partial charge in [-0.2, -0.15) is 0 Å². The van der Waals surface area contributed by atoms with Crippen molar-refractivity contribution >= 4 is 34.4 Å². The fourth-order valence-corrected chi connectivity index (χ4v) is 3.37. The second-order valence-electron chi connectivity index (χ2n) is 4.71. The molecule has 0 aliphatic carbocycles. The van der Waals surface area contributed by atoms with E-state index in [9.17, 15) is 14.0 Å². The van der Waals surface area contributed by atoms with Crippen LogP contribution in [0.3, 0.4) is 0 Å². The molecule has 2 rings (SSSR count). The highest BCUT2D eigenvalue weighted by Gasteiger charge is 2.37. The summed E-state index contributed by atoms with van der Waals surface area (Å²) in [6.45, 7) is 4.92. The lowest BCUT2D eigenvalue weighted by atomic mass is 10.2. The van der Waals surface area contributed by atoms with E-state index in [1.807, 2.05) is 13.8 Å². The maximum atomic E-state index is 12.8. The van der Waals surface area contributed by atoms with Gasteiger partial charge in [-0.05, 0) is 38.1 Å². The quantitative estimate of drug-likeness (QED) is 0.905. The molecule has 0 radical (unpaired) electrons. The zero-order chi connectivity index (χ0) is 16.1. The Morgan fingerprint density at radius 2 is 2.05 bits per heavy atom. The second-order valence-corrected chi connectivity index (χ2v) is 5.87. The number of carbonyl (C=O) groups is 2. The summed E-state index contributed by atoms with van der Waals surface area (Å²) in [4.78, 5) is 30.2. The molecule has 1 N–H and O–H groups in total. The van der Waals surface area contributed by atoms with Gasteiger partial charge in [0.2, 0.25) is 11.8 Å². The van der Waals surface area contributed by atoms with Crippen LogP contribution in [0.15, 0.2) is 29.3 Å². The number of nitrogens with one attached hydrogen (secondary N) is 1. The molecule has 1 fully saturated rings. The van der Waals surface area contributed by atoms with Gasteiger partial charge in [-0.1, -0.05) is 11.8 Å². The van der Waals surface area contributed by atoms with Gasteiger partial charge in [-0.25, -0.2) is 4.39 Å². The highest BCUT2D eigenvalue weighted by Crippen LogP contribution is 2.29. The number of amidine groups is 1. The number of anilines is 1. The first-order chi connectivity index (χ1) is 10.5. The predicted molar refractivity (Wildman–Crippen MR) is 86.4 cm³/mol. The van der Waals surface area contributed by atoms with Crippen molar-refractivity contribution in [3.63, 3.8) is 0 Å². The molecule has 1 aromatic rings. The number of nitrogens with zero attached hydrogens (tertiary/aromatic N) is 2. The van der Waals surface area contributed by atoms with E-state index in [0.29, 0.717) is 23.9 Å². The number of hydrogen-bond donors (Lipinski definition) is 1. The van der Waals surface area contributed by atoms with E-state index >= 15 is 0 Å². The third-order valence-electron chi connectivity index (χ3n) is 3.13. The van der Waals surface area contributed by atoms with Crippen molar-refractivity contribution in [2.45, 2.75) is 25.5 Å². The summed E-state index contributed by atoms with van der Waals surface area (Å²) in [5, 5.41) is 2.89. The molecule has 1 heterocycles. The molecule has 2 amide bonds. The first kappa shape index (κ1) is 16.5. The number of carbonyl (C=O) groups excluding carboxylic acids is 2. The highest BCUT2D eigenvalue weighted by atomic mass is 32.2. The summed E-state index contributed by atoms with van der Waals surface area (Å²) in [7, 11) is 0. The second kappa shape index (κ2) is 7.40. The van der Waals surface area contributed by atoms with Crippen LogP contribution in [0, 0.1) is 5.82 Å². The van der Waals surface area contributed by atoms with Gasteiger partial charge in [0.1, 0.15) is 11.1 Å². The van der Waals surface area contributed by atoms with Gasteiger partial charge < -0.3 is 5.32 Å². The Hall–Kier alpha value is -1.89. The molecular formula is C15H18FN3O2S. The minimum Gasteiger partial charge on any atom is -0.326 e. The van der Waals surface area contributed by atoms with E-state index in [4.69, 9.17) is 0 Å². The molecule has 1 unspecified atom stereocenters. The number of rotatable bonds is 5. The van der Waals surface area contributed by atoms with Crippen molar-refractivity contribution < 1.29 is 14.0 Å². The lowest BCUT2D eigenvalue weighted by molar-refractivity contribution is -0.128. The van der Waals surface area contributed by atoms with Crippen molar-refractivity contribution in [2.75, 3.05) is 18.4 Å². The van der Waals surface area contributed by atoms with Crippen LogP contribution in [0.25, 0.3) is 0 Å². The Morgan fingerprint density at radius 1 is 1.36 bits per heavy atom. The number of benzene rings is 1. The van der Waals surface area contributed by atoms with Crippen LogP contribution >= 0.6 is 11.8 Å². The fourth-order valence-electron chi connectivity index (χ4n) is 2.10. The third kappa shape index (κ3) is 3.85. The van der Waals surface area contributed by atoms with Gasteiger partial charge >= 0.3 is 0 Å². The van der Waals surface area contributed by atoms with Gasteiger partial charge in [0, 0.05) is 25.2 Å². The van der Waals surface area contributed by atoms with Crippen LogP contribution in [0.4, 0.5) is 10.1 Å². The predicted octanol–water partition coefficient (Wildman–Crippen LogP) is 2.49. The molecule has 1 saturated heterocycles. The van der Waals surface area contributed by atoms with Crippen molar-refractivity contribution in [3.05, 3.63) is 30.1 Å². The van der Waals surface area contributed by atoms with Gasteiger partial charge in [0.25, 0.3) is 0 Å². The largest absolute Gasteiger partial charge is 0.326 e. The monoisotopic (exact) mass is 323 g/mol. The van der Waals surface area contributed by atoms with Crippen LogP contribution in [-0.4, -0.2) is 40.2 Å². The molecule has 7 heteroatoms. The Labute approximate surface area is 133 Å². The summed E-state index contributed by atoms with van der Waals surface area (Å²) < 4.78 is 12.8. The standard InChI is InChI=1S/C15H18FN3O2S/c1-3-17-15-19(4-2)14(21)12(22-15)9-13(20)18-11-7-5-10(16)6-8-11/h5-8,12H,3-4,9H2,1-2H3,(H,18,20). The maximum Gasteiger partial charge on any atom is 0.242 e. The summed E-state index contributed by atoms with van der Waals surface area (Å²) >= 11 is 1.32. The highest BCUT2D eigenvalue weighted by molar-refractivity contribution is 8.15. The lowest BCUT2D eigenvalue weighted by Gasteiger charge is -2.13. The van der Waals surface area contributed by atoms with Crippen LogP contribution in [0.2, 0.25) is 0 Å². The Kier molecular flexibility index (Phi) is 5.54. The van der Waals surface area contributed by atoms with Crippen molar-refractivity contribution in [1.82, 2.24) is 4.90 Å². The van der Waals surface area contributed by atoms with Crippen molar-refractivity contribution in [1.29, 1.82) is 0 Å². The molecule has 118 valence electrons. The fraction of sp³-hybridized carbons (Fsp3) is 0.400. The van der Waals surface area contributed by atoms with E-state index in [1.54, 1.807) is 4.90 Å². The number of hydrogen-bond acceptors (Lipinski definition) is 4. The minimum atomic E-state index is -0.453. The van der Waals surface area contributed by atoms with Gasteiger partial charge in [0.05, 0.1) is 0 Å². The molecule has 0 aromatic heterocycles. The Morgan fingerprint density at radius 3 is 2.64 bits per heavy atom. The molecule has 1 aliphatic heterocycles. The van der Waals surface area contributed by atoms with Gasteiger partial charge in [-0.15, -0.1) is 0 Å². The van der Waals surface area contributed by atoms with E-state index in [-0.39, 0.29) is 24.1 Å². The van der Waals surface area contributed by atoms with Crippen LogP contribution in [-0.2, 0) is 9.59 Å². The van der Waals surface area contributed by atoms with Crippen molar-refractivity contribution in [2.24, 2.45) is 4.99 Å². The SMILES string of the molecule is CCN=C1SC(CC(=O)Nc2ccc(F)cc2)C(=O)N1CC. The average molecular weight is 323 g/mol. The maximum absolute atomic E-state index is 12.8. The van der Waals surface area contributed by atoms with E-state index in [2.05, 4.69) is 10.3 Å². The molecule has 0 spiro atoms. The molecule has 0 bridgehead atoms. The molecule has 0 saturated carbocycles. The van der Waals surface area contributed by atoms with E-state index in [1.165, 1.54) is 36.0 Å². The molecule has 1 aromatic carbocycles. The molecule has 5 nitrogen and oxygen atoms in total. The molecule has 1 aliphatic rings. The van der Waals surface area contributed by atoms with Crippen molar-refractivity contribution in [3.8, 4) is 0 Å². The zero-order valence-corrected chi connectivity index (χ0v) is 13.3. The van der Waals surface area contributed by atoms with Crippen LogP contribution < -0.4 is 5.32 Å². The number of aliphatic imine (C=N–C) groups is 1. The summed E-state index contributed by atoms with van der Waals surface area (Å²) in [5.74, 6) is -0.723. The number of thioether (sulfide) groups is 1. The summed E-state index contributed by atoms with van der Waals surface area (Å²) in [6, 6.07) is 5.52. The van der Waals surface area contributed by atoms with Gasteiger partial charge in [0.15, 0.2) is 5.17 Å². The summed E-state index contributed by atoms with van der Waals surface area (Å²) in [5.41, 5.74) is 0.511. The molecule has 22 heavy (non-hydrogen) atoms. The zero-order valence-electron chi connectivity index (χ0n) is 12.5. The molecule has 1 atom stereocenters. The lowest BCUT2D eigenvalue weighted by Crippen LogP contribution is -2.33. The smallest absolute Gasteiger partial charge is 0.242 e. The van der Waals surface area contributed by atoms with Crippen LogP contribution in [0.5, 0.6) is 0 Å². The Balaban J connectivity index is 1.98. The normalized spacial score (nSPS) is 19.8. The number of amides is 2. The first-order valence-electron chi connectivity index (χ1n) is 7.13. The number of halogens is 1. The summed E-state index contributed by atoms with van der Waals surface area (Å²) in [6.07, 6.45) is 0.0696. The average Bonchev–Trinajstić information content (AvgIpc) is 2.77. The van der Waals surface area contributed by atoms with E-state index < -0.39 is 5.25 Å². The topological polar surface area (TPSA) is 61.8 Å². The molecular weight excluding hydrogens is 305 g/mol. The van der Waals surface area contributed by atoms with Crippen LogP contribution in [0.1, 0.15) is 20.3 Å². The first-order valence-corrected chi connectivity index (χ1v) is 8.01. The third-order valence-corrected chi connectivity index (χ3v) is 4.34. The van der Waals surface area contributed by atoms with Gasteiger partial charge in [-0.3, -0.25) is 19.5 Å².